The number of anilines is 1. The molecule has 0 aliphatic carbocycles. The van der Waals surface area contributed by atoms with E-state index >= 15 is 0 Å². The van der Waals surface area contributed by atoms with Crippen molar-refractivity contribution in [1.29, 1.82) is 0 Å². The van der Waals surface area contributed by atoms with Gasteiger partial charge >= 0.3 is 0 Å². The lowest BCUT2D eigenvalue weighted by molar-refractivity contribution is -0.132. The van der Waals surface area contributed by atoms with Crippen LogP contribution in [0.2, 0.25) is 0 Å². The molecule has 1 amide bonds. The van der Waals surface area contributed by atoms with E-state index in [0.29, 0.717) is 28.3 Å². The molecule has 1 unspecified atom stereocenters. The topological polar surface area (TPSA) is 76.1 Å². The van der Waals surface area contributed by atoms with Gasteiger partial charge in [0.25, 0.3) is 11.7 Å². The Morgan fingerprint density at radius 1 is 0.906 bits per heavy atom. The molecule has 0 bridgehead atoms. The first-order valence-corrected chi connectivity index (χ1v) is 10.6. The van der Waals surface area contributed by atoms with Gasteiger partial charge in [0.2, 0.25) is 0 Å². The number of carbonyl (C=O) groups is 2. The molecule has 162 valence electrons. The number of Topliss-reactive ketones (excluding diaryl/α,β-unsaturated/α-hetero) is 1. The number of methoxy groups -OCH3 is 2. The van der Waals surface area contributed by atoms with Crippen molar-refractivity contribution < 1.29 is 24.2 Å². The number of amides is 1. The number of hydrogen-bond donors (Lipinski definition) is 1. The number of hydrogen-bond acceptors (Lipinski definition) is 5. The Morgan fingerprint density at radius 3 is 2.19 bits per heavy atom. The molecular formula is C25H20BrNO5. The average Bonchev–Trinajstić information content (AvgIpc) is 3.09. The van der Waals surface area contributed by atoms with Crippen molar-refractivity contribution in [2.45, 2.75) is 6.04 Å². The number of para-hydroxylation sites is 1. The standard InChI is InChI=1S/C25H20BrNO5/c1-31-19-13-10-16(14-20(19)32-2)22-21(23(28)15-8-11-17(26)12-9-15)24(29)25(30)27(22)18-6-4-3-5-7-18/h3-14,22,28H,1-2H3/b23-21-. The molecule has 0 spiro atoms. The van der Waals surface area contributed by atoms with E-state index in [4.69, 9.17) is 9.47 Å². The fourth-order valence-electron chi connectivity index (χ4n) is 3.79. The van der Waals surface area contributed by atoms with E-state index in [9.17, 15) is 14.7 Å². The van der Waals surface area contributed by atoms with Gasteiger partial charge in [0.15, 0.2) is 11.5 Å². The molecule has 1 heterocycles. The quantitative estimate of drug-likeness (QED) is 0.304. The number of nitrogens with zero attached hydrogens (tertiary/aromatic N) is 1. The molecular weight excluding hydrogens is 474 g/mol. The maximum absolute atomic E-state index is 13.2. The first kappa shape index (κ1) is 21.6. The monoisotopic (exact) mass is 493 g/mol. The van der Waals surface area contributed by atoms with Gasteiger partial charge in [-0.3, -0.25) is 14.5 Å². The van der Waals surface area contributed by atoms with E-state index in [2.05, 4.69) is 15.9 Å². The second kappa shape index (κ2) is 8.88. The third kappa shape index (κ3) is 3.76. The highest BCUT2D eigenvalue weighted by atomic mass is 79.9. The van der Waals surface area contributed by atoms with Crippen LogP contribution in [0.25, 0.3) is 5.76 Å². The second-order valence-corrected chi connectivity index (χ2v) is 8.04. The SMILES string of the molecule is COc1ccc(C2/C(=C(/O)c3ccc(Br)cc3)C(=O)C(=O)N2c2ccccc2)cc1OC. The van der Waals surface area contributed by atoms with Crippen molar-refractivity contribution in [1.82, 2.24) is 0 Å². The zero-order valence-corrected chi connectivity index (χ0v) is 19.0. The van der Waals surface area contributed by atoms with Crippen LogP contribution in [0.15, 0.2) is 82.8 Å². The summed E-state index contributed by atoms with van der Waals surface area (Å²) in [7, 11) is 3.04. The predicted molar refractivity (Wildman–Crippen MR) is 125 cm³/mol. The first-order valence-electron chi connectivity index (χ1n) is 9.80. The summed E-state index contributed by atoms with van der Waals surface area (Å²) in [5.74, 6) is -0.745. The summed E-state index contributed by atoms with van der Waals surface area (Å²) in [6, 6.07) is 20.1. The maximum Gasteiger partial charge on any atom is 0.300 e. The lowest BCUT2D eigenvalue weighted by atomic mass is 9.94. The summed E-state index contributed by atoms with van der Waals surface area (Å²) < 4.78 is 11.6. The summed E-state index contributed by atoms with van der Waals surface area (Å²) in [5, 5.41) is 11.1. The molecule has 1 aliphatic rings. The summed E-state index contributed by atoms with van der Waals surface area (Å²) in [5.41, 5.74) is 1.59. The van der Waals surface area contributed by atoms with Gasteiger partial charge in [0.05, 0.1) is 25.8 Å². The molecule has 1 N–H and O–H groups in total. The van der Waals surface area contributed by atoms with Crippen LogP contribution >= 0.6 is 15.9 Å². The Hall–Kier alpha value is -3.58. The van der Waals surface area contributed by atoms with E-state index in [1.807, 2.05) is 6.07 Å². The number of ether oxygens (including phenoxy) is 2. The van der Waals surface area contributed by atoms with Gasteiger partial charge < -0.3 is 14.6 Å². The van der Waals surface area contributed by atoms with Crippen LogP contribution in [-0.2, 0) is 9.59 Å². The van der Waals surface area contributed by atoms with Crippen molar-refractivity contribution in [3.05, 3.63) is 94.0 Å². The number of ketones is 1. The Balaban J connectivity index is 1.96. The molecule has 32 heavy (non-hydrogen) atoms. The van der Waals surface area contributed by atoms with Crippen LogP contribution in [0.4, 0.5) is 5.69 Å². The number of halogens is 1. The van der Waals surface area contributed by atoms with Crippen molar-refractivity contribution in [2.24, 2.45) is 0 Å². The molecule has 3 aromatic rings. The minimum atomic E-state index is -0.846. The molecule has 0 saturated carbocycles. The summed E-state index contributed by atoms with van der Waals surface area (Å²) in [6.07, 6.45) is 0. The highest BCUT2D eigenvalue weighted by molar-refractivity contribution is 9.10. The lowest BCUT2D eigenvalue weighted by Gasteiger charge is -2.26. The van der Waals surface area contributed by atoms with E-state index in [1.165, 1.54) is 19.1 Å². The summed E-state index contributed by atoms with van der Waals surface area (Å²) >= 11 is 3.36. The van der Waals surface area contributed by atoms with Gasteiger partial charge in [-0.15, -0.1) is 0 Å². The van der Waals surface area contributed by atoms with Crippen LogP contribution in [0.3, 0.4) is 0 Å². The number of aliphatic hydroxyl groups is 1. The van der Waals surface area contributed by atoms with Crippen LogP contribution in [0.1, 0.15) is 17.2 Å². The Kier molecular flexibility index (Phi) is 6.01. The molecule has 1 aliphatic heterocycles. The number of aliphatic hydroxyl groups excluding tert-OH is 1. The number of rotatable bonds is 5. The average molecular weight is 494 g/mol. The molecule has 0 radical (unpaired) electrons. The van der Waals surface area contributed by atoms with Crippen molar-refractivity contribution in [2.75, 3.05) is 19.1 Å². The minimum absolute atomic E-state index is 0.00777. The number of carbonyl (C=O) groups excluding carboxylic acids is 2. The highest BCUT2D eigenvalue weighted by Gasteiger charge is 2.47. The van der Waals surface area contributed by atoms with Gasteiger partial charge in [-0.1, -0.05) is 52.3 Å². The fraction of sp³-hybridized carbons (Fsp3) is 0.120. The molecule has 7 heteroatoms. The lowest BCUT2D eigenvalue weighted by Crippen LogP contribution is -2.29. The third-order valence-corrected chi connectivity index (χ3v) is 5.85. The van der Waals surface area contributed by atoms with Crippen LogP contribution in [0.5, 0.6) is 11.5 Å². The molecule has 1 atom stereocenters. The second-order valence-electron chi connectivity index (χ2n) is 7.13. The molecule has 0 aromatic heterocycles. The van der Waals surface area contributed by atoms with E-state index in [-0.39, 0.29) is 11.3 Å². The minimum Gasteiger partial charge on any atom is -0.507 e. The molecule has 6 nitrogen and oxygen atoms in total. The highest BCUT2D eigenvalue weighted by Crippen LogP contribution is 2.44. The van der Waals surface area contributed by atoms with Crippen LogP contribution in [0, 0.1) is 0 Å². The zero-order chi connectivity index (χ0) is 22.8. The smallest absolute Gasteiger partial charge is 0.300 e. The molecule has 1 fully saturated rings. The van der Waals surface area contributed by atoms with E-state index in [1.54, 1.807) is 66.7 Å². The molecule has 1 saturated heterocycles. The fourth-order valence-corrected chi connectivity index (χ4v) is 4.05. The third-order valence-electron chi connectivity index (χ3n) is 5.32. The van der Waals surface area contributed by atoms with Gasteiger partial charge in [-0.25, -0.2) is 0 Å². The zero-order valence-electron chi connectivity index (χ0n) is 17.4. The summed E-state index contributed by atoms with van der Waals surface area (Å²) in [6.45, 7) is 0. The van der Waals surface area contributed by atoms with E-state index in [0.717, 1.165) is 4.47 Å². The van der Waals surface area contributed by atoms with Gasteiger partial charge in [0.1, 0.15) is 5.76 Å². The Morgan fingerprint density at radius 2 is 1.56 bits per heavy atom. The van der Waals surface area contributed by atoms with Crippen molar-refractivity contribution >= 4 is 39.1 Å². The maximum atomic E-state index is 13.2. The van der Waals surface area contributed by atoms with Crippen LogP contribution < -0.4 is 14.4 Å². The Bertz CT molecular complexity index is 1200. The molecule has 4 rings (SSSR count). The van der Waals surface area contributed by atoms with Crippen molar-refractivity contribution in [3.63, 3.8) is 0 Å². The number of benzene rings is 3. The van der Waals surface area contributed by atoms with Gasteiger partial charge in [0, 0.05) is 15.7 Å². The van der Waals surface area contributed by atoms with Gasteiger partial charge in [-0.2, -0.15) is 0 Å². The van der Waals surface area contributed by atoms with Crippen LogP contribution in [-0.4, -0.2) is 31.0 Å². The normalized spacial score (nSPS) is 17.5. The van der Waals surface area contributed by atoms with E-state index < -0.39 is 17.7 Å². The summed E-state index contributed by atoms with van der Waals surface area (Å²) in [4.78, 5) is 27.7. The van der Waals surface area contributed by atoms with Gasteiger partial charge in [-0.05, 0) is 42.0 Å². The predicted octanol–water partition coefficient (Wildman–Crippen LogP) is 5.09. The first-order chi connectivity index (χ1) is 15.5. The largest absolute Gasteiger partial charge is 0.507 e. The molecule has 3 aromatic carbocycles. The van der Waals surface area contributed by atoms with Crippen molar-refractivity contribution in [3.8, 4) is 11.5 Å². The Labute approximate surface area is 193 Å².